The monoisotopic (exact) mass is 381 g/mol. The smallest absolute Gasteiger partial charge is 0.240 e. The average Bonchev–Trinajstić information content (AvgIpc) is 2.70. The minimum absolute atomic E-state index is 0.0807. The Morgan fingerprint density at radius 1 is 1.14 bits per heavy atom. The summed E-state index contributed by atoms with van der Waals surface area (Å²) in [5.41, 5.74) is 15.3. The third-order valence-electron chi connectivity index (χ3n) is 5.04. The van der Waals surface area contributed by atoms with E-state index in [1.54, 1.807) is 0 Å². The van der Waals surface area contributed by atoms with Crippen LogP contribution in [0.15, 0.2) is 54.6 Å². The molecule has 1 aliphatic rings. The number of rotatable bonds is 9. The fraction of sp³-hybridized carbons (Fsp3) is 0.409. The highest BCUT2D eigenvalue weighted by Gasteiger charge is 2.29. The molecule has 0 spiro atoms. The van der Waals surface area contributed by atoms with E-state index in [1.165, 1.54) is 5.56 Å². The van der Waals surface area contributed by atoms with Gasteiger partial charge in [-0.25, -0.2) is 0 Å². The van der Waals surface area contributed by atoms with Crippen molar-refractivity contribution in [1.82, 2.24) is 10.2 Å². The maximum Gasteiger partial charge on any atom is 0.240 e. The highest BCUT2D eigenvalue weighted by molar-refractivity contribution is 5.82. The second-order valence-electron chi connectivity index (χ2n) is 7.37. The fourth-order valence-corrected chi connectivity index (χ4v) is 3.65. The Bertz CT molecular complexity index is 752. The lowest BCUT2D eigenvalue weighted by Gasteiger charge is -2.34. The Balaban J connectivity index is 1.54. The number of hydrogen-bond donors (Lipinski definition) is 4. The Kier molecular flexibility index (Phi) is 7.42. The number of hydrogen-bond acceptors (Lipinski definition) is 5. The predicted molar refractivity (Wildman–Crippen MR) is 114 cm³/mol. The zero-order valence-electron chi connectivity index (χ0n) is 16.3. The summed E-state index contributed by atoms with van der Waals surface area (Å²) in [6.45, 7) is 3.52. The molecule has 0 radical (unpaired) electrons. The molecule has 150 valence electrons. The van der Waals surface area contributed by atoms with Gasteiger partial charge in [-0.2, -0.15) is 0 Å². The molecule has 1 amide bonds. The summed E-state index contributed by atoms with van der Waals surface area (Å²) >= 11 is 0. The second kappa shape index (κ2) is 10.2. The lowest BCUT2D eigenvalue weighted by molar-refractivity contribution is -0.136. The first-order chi connectivity index (χ1) is 13.7. The van der Waals surface area contributed by atoms with E-state index in [0.29, 0.717) is 19.5 Å². The lowest BCUT2D eigenvalue weighted by atomic mass is 9.98. The lowest BCUT2D eigenvalue weighted by Crippen LogP contribution is -2.56. The van der Waals surface area contributed by atoms with E-state index >= 15 is 0 Å². The topological polar surface area (TPSA) is 96.4 Å². The maximum absolute atomic E-state index is 12.9. The van der Waals surface area contributed by atoms with Gasteiger partial charge in [0.25, 0.3) is 0 Å². The van der Waals surface area contributed by atoms with Crippen LogP contribution < -0.4 is 22.1 Å². The Labute approximate surface area is 167 Å². The van der Waals surface area contributed by atoms with Crippen molar-refractivity contribution in [3.8, 4) is 0 Å². The molecule has 6 heteroatoms. The van der Waals surface area contributed by atoms with Crippen LogP contribution in [0.5, 0.6) is 0 Å². The van der Waals surface area contributed by atoms with Crippen molar-refractivity contribution in [2.75, 3.05) is 31.5 Å². The number of amides is 1. The Morgan fingerprint density at radius 3 is 2.71 bits per heavy atom. The van der Waals surface area contributed by atoms with Gasteiger partial charge < -0.3 is 27.0 Å². The predicted octanol–water partition coefficient (Wildman–Crippen LogP) is 1.32. The molecule has 1 aliphatic heterocycles. The van der Waals surface area contributed by atoms with E-state index in [1.807, 2.05) is 35.2 Å². The minimum Gasteiger partial charge on any atom is -0.384 e. The largest absolute Gasteiger partial charge is 0.384 e. The molecule has 0 unspecified atom stereocenters. The van der Waals surface area contributed by atoms with Crippen molar-refractivity contribution >= 4 is 11.6 Å². The van der Waals surface area contributed by atoms with Crippen LogP contribution in [0, 0.1) is 0 Å². The van der Waals surface area contributed by atoms with Gasteiger partial charge in [0, 0.05) is 44.5 Å². The molecule has 6 nitrogen and oxygen atoms in total. The number of anilines is 1. The van der Waals surface area contributed by atoms with Crippen LogP contribution in [-0.4, -0.2) is 49.1 Å². The molecule has 0 aromatic heterocycles. The Hall–Kier alpha value is -2.41. The van der Waals surface area contributed by atoms with Crippen molar-refractivity contribution in [3.05, 3.63) is 65.7 Å². The summed E-state index contributed by atoms with van der Waals surface area (Å²) in [4.78, 5) is 14.8. The molecule has 1 saturated heterocycles. The molecule has 3 rings (SSSR count). The van der Waals surface area contributed by atoms with E-state index in [2.05, 4.69) is 34.9 Å². The molecule has 1 fully saturated rings. The molecule has 0 aliphatic carbocycles. The summed E-state index contributed by atoms with van der Waals surface area (Å²) in [7, 11) is 0. The zero-order valence-corrected chi connectivity index (χ0v) is 16.3. The second-order valence-corrected chi connectivity index (χ2v) is 7.37. The summed E-state index contributed by atoms with van der Waals surface area (Å²) in [6, 6.07) is 18.0. The summed E-state index contributed by atoms with van der Waals surface area (Å²) in [5.74, 6) is 0.143. The van der Waals surface area contributed by atoms with E-state index in [0.717, 1.165) is 37.3 Å². The highest BCUT2D eigenvalue weighted by atomic mass is 16.2. The summed E-state index contributed by atoms with van der Waals surface area (Å²) in [6.07, 6.45) is 1.37. The number of nitrogens with one attached hydrogen (secondary N) is 2. The maximum atomic E-state index is 12.9. The standard InChI is InChI=1S/C22H31N5O/c23-9-10-25-20-8-4-7-18(14-20)13-19(24)15-21-22(28)27(12-11-26-21)16-17-5-2-1-3-6-17/h1-8,14,19,21,25-26H,9-13,15-16,23-24H2/t19-,21-/m0/s1. The number of carbonyl (C=O) groups is 1. The number of benzene rings is 2. The van der Waals surface area contributed by atoms with Crippen molar-refractivity contribution in [2.24, 2.45) is 11.5 Å². The Morgan fingerprint density at radius 2 is 1.93 bits per heavy atom. The van der Waals surface area contributed by atoms with Gasteiger partial charge in [-0.05, 0) is 36.1 Å². The van der Waals surface area contributed by atoms with Crippen LogP contribution in [0.4, 0.5) is 5.69 Å². The van der Waals surface area contributed by atoms with Gasteiger partial charge in [0.2, 0.25) is 5.91 Å². The van der Waals surface area contributed by atoms with Gasteiger partial charge in [0.15, 0.2) is 0 Å². The number of nitrogens with zero attached hydrogens (tertiary/aromatic N) is 1. The van der Waals surface area contributed by atoms with E-state index in [9.17, 15) is 4.79 Å². The molecule has 2 aromatic carbocycles. The van der Waals surface area contributed by atoms with Crippen LogP contribution in [0.3, 0.4) is 0 Å². The first kappa shape index (κ1) is 20.3. The van der Waals surface area contributed by atoms with Gasteiger partial charge in [-0.1, -0.05) is 42.5 Å². The van der Waals surface area contributed by atoms with Crippen molar-refractivity contribution in [1.29, 1.82) is 0 Å². The fourth-order valence-electron chi connectivity index (χ4n) is 3.65. The van der Waals surface area contributed by atoms with Crippen LogP contribution >= 0.6 is 0 Å². The van der Waals surface area contributed by atoms with Crippen LogP contribution in [0.2, 0.25) is 0 Å². The van der Waals surface area contributed by atoms with Gasteiger partial charge in [0.1, 0.15) is 0 Å². The van der Waals surface area contributed by atoms with Crippen LogP contribution in [0.1, 0.15) is 17.5 Å². The number of nitrogens with two attached hydrogens (primary N) is 2. The van der Waals surface area contributed by atoms with Gasteiger partial charge >= 0.3 is 0 Å². The van der Waals surface area contributed by atoms with E-state index < -0.39 is 0 Å². The zero-order chi connectivity index (χ0) is 19.8. The van der Waals surface area contributed by atoms with Gasteiger partial charge in [-0.3, -0.25) is 4.79 Å². The summed E-state index contributed by atoms with van der Waals surface area (Å²) in [5, 5.41) is 6.63. The van der Waals surface area contributed by atoms with Crippen molar-refractivity contribution < 1.29 is 4.79 Å². The SMILES string of the molecule is NCCNc1cccc(C[C@H](N)C[C@@H]2NCCN(Cc3ccccc3)C2=O)c1. The van der Waals surface area contributed by atoms with Crippen LogP contribution in [-0.2, 0) is 17.8 Å². The third-order valence-corrected chi connectivity index (χ3v) is 5.04. The minimum atomic E-state index is -0.217. The molecule has 28 heavy (non-hydrogen) atoms. The average molecular weight is 382 g/mol. The summed E-state index contributed by atoms with van der Waals surface area (Å²) < 4.78 is 0. The van der Waals surface area contributed by atoms with E-state index in [-0.39, 0.29) is 18.0 Å². The highest BCUT2D eigenvalue weighted by Crippen LogP contribution is 2.15. The molecular weight excluding hydrogens is 350 g/mol. The first-order valence-corrected chi connectivity index (χ1v) is 10.0. The molecule has 6 N–H and O–H groups in total. The van der Waals surface area contributed by atoms with Crippen molar-refractivity contribution in [2.45, 2.75) is 31.5 Å². The quantitative estimate of drug-likeness (QED) is 0.525. The van der Waals surface area contributed by atoms with E-state index in [4.69, 9.17) is 11.5 Å². The van der Waals surface area contributed by atoms with Gasteiger partial charge in [0.05, 0.1) is 6.04 Å². The molecule has 2 aromatic rings. The number of piperazine rings is 1. The molecule has 1 heterocycles. The van der Waals surface area contributed by atoms with Crippen LogP contribution in [0.25, 0.3) is 0 Å². The number of carbonyl (C=O) groups excluding carboxylic acids is 1. The molecular formula is C22H31N5O. The van der Waals surface area contributed by atoms with Gasteiger partial charge in [-0.15, -0.1) is 0 Å². The molecule has 0 bridgehead atoms. The normalized spacial score (nSPS) is 18.1. The molecule has 2 atom stereocenters. The third kappa shape index (κ3) is 5.79. The first-order valence-electron chi connectivity index (χ1n) is 10.0. The molecule has 0 saturated carbocycles. The van der Waals surface area contributed by atoms with Crippen molar-refractivity contribution in [3.63, 3.8) is 0 Å².